The molecule has 0 bridgehead atoms. The summed E-state index contributed by atoms with van der Waals surface area (Å²) in [5.74, 6) is 0.361. The zero-order valence-electron chi connectivity index (χ0n) is 12.7. The molecule has 0 fully saturated rings. The van der Waals surface area contributed by atoms with E-state index in [1.54, 1.807) is 12.1 Å². The van der Waals surface area contributed by atoms with E-state index in [4.69, 9.17) is 10.5 Å². The third-order valence-electron chi connectivity index (χ3n) is 2.69. The maximum Gasteiger partial charge on any atom is 0.251 e. The van der Waals surface area contributed by atoms with Crippen molar-refractivity contribution in [2.75, 3.05) is 25.4 Å². The molecular formula is C15H23N3O3. The summed E-state index contributed by atoms with van der Waals surface area (Å²) in [7, 11) is 0. The predicted octanol–water partition coefficient (Wildman–Crippen LogP) is 1.17. The Kier molecular flexibility index (Phi) is 6.52. The third kappa shape index (κ3) is 5.72. The second kappa shape index (κ2) is 8.14. The lowest BCUT2D eigenvalue weighted by Crippen LogP contribution is -2.38. The van der Waals surface area contributed by atoms with Crippen LogP contribution in [0.5, 0.6) is 5.75 Å². The molecule has 6 nitrogen and oxygen atoms in total. The average molecular weight is 293 g/mol. The number of carbonyl (C=O) groups excluding carboxylic acids is 2. The molecule has 0 saturated carbocycles. The molecule has 0 spiro atoms. The summed E-state index contributed by atoms with van der Waals surface area (Å²) in [4.78, 5) is 23.4. The first-order valence-corrected chi connectivity index (χ1v) is 7.01. The Balaban J connectivity index is 2.52. The minimum absolute atomic E-state index is 0.0569. The maximum atomic E-state index is 11.9. The van der Waals surface area contributed by atoms with Crippen LogP contribution in [0.25, 0.3) is 0 Å². The number of nitrogen functional groups attached to an aromatic ring is 1. The minimum atomic E-state index is -0.343. The Bertz CT molecular complexity index is 501. The van der Waals surface area contributed by atoms with E-state index in [1.807, 2.05) is 20.8 Å². The number of amides is 2. The second-order valence-electron chi connectivity index (χ2n) is 5.07. The highest BCUT2D eigenvalue weighted by Crippen LogP contribution is 2.22. The van der Waals surface area contributed by atoms with Gasteiger partial charge in [0, 0.05) is 12.1 Å². The summed E-state index contributed by atoms with van der Waals surface area (Å²) in [5, 5.41) is 5.28. The minimum Gasteiger partial charge on any atom is -0.492 e. The molecule has 1 rings (SSSR count). The van der Waals surface area contributed by atoms with Crippen LogP contribution < -0.4 is 21.1 Å². The van der Waals surface area contributed by atoms with Crippen molar-refractivity contribution in [2.45, 2.75) is 20.8 Å². The number of rotatable bonds is 7. The van der Waals surface area contributed by atoms with Crippen molar-refractivity contribution in [1.82, 2.24) is 10.6 Å². The van der Waals surface area contributed by atoms with Crippen molar-refractivity contribution in [3.05, 3.63) is 23.8 Å². The standard InChI is InChI=1S/C15H23N3O3/c1-4-21-13-6-5-11(7-12(13)16)15(20)18-9-14(19)17-8-10(2)3/h5-7,10H,4,8-9,16H2,1-3H3,(H,17,19)(H,18,20). The van der Waals surface area contributed by atoms with Gasteiger partial charge in [0.2, 0.25) is 5.91 Å². The molecular weight excluding hydrogens is 270 g/mol. The molecule has 0 unspecified atom stereocenters. The SMILES string of the molecule is CCOc1ccc(C(=O)NCC(=O)NCC(C)C)cc1N. The Hall–Kier alpha value is -2.24. The van der Waals surface area contributed by atoms with E-state index in [2.05, 4.69) is 10.6 Å². The van der Waals surface area contributed by atoms with Crippen LogP contribution >= 0.6 is 0 Å². The summed E-state index contributed by atoms with van der Waals surface area (Å²) in [6, 6.07) is 4.79. The van der Waals surface area contributed by atoms with Crippen LogP contribution in [0.15, 0.2) is 18.2 Å². The van der Waals surface area contributed by atoms with Crippen molar-refractivity contribution in [3.63, 3.8) is 0 Å². The number of hydrogen-bond acceptors (Lipinski definition) is 4. The Labute approximate surface area is 125 Å². The van der Waals surface area contributed by atoms with Crippen LogP contribution in [0.1, 0.15) is 31.1 Å². The number of nitrogens with two attached hydrogens (primary N) is 1. The quantitative estimate of drug-likeness (QED) is 0.658. The first-order valence-electron chi connectivity index (χ1n) is 7.01. The molecule has 0 radical (unpaired) electrons. The maximum absolute atomic E-state index is 11.9. The smallest absolute Gasteiger partial charge is 0.251 e. The molecule has 1 aromatic carbocycles. The van der Waals surface area contributed by atoms with E-state index < -0.39 is 0 Å². The van der Waals surface area contributed by atoms with Gasteiger partial charge in [-0.05, 0) is 31.0 Å². The molecule has 0 heterocycles. The summed E-state index contributed by atoms with van der Waals surface area (Å²) in [6.45, 7) is 6.90. The van der Waals surface area contributed by atoms with Crippen molar-refractivity contribution in [1.29, 1.82) is 0 Å². The van der Waals surface area contributed by atoms with E-state index in [0.717, 1.165) is 0 Å². The summed E-state index contributed by atoms with van der Waals surface area (Å²) in [5.41, 5.74) is 6.59. The van der Waals surface area contributed by atoms with E-state index in [9.17, 15) is 9.59 Å². The van der Waals surface area contributed by atoms with Crippen molar-refractivity contribution in [2.24, 2.45) is 5.92 Å². The highest BCUT2D eigenvalue weighted by atomic mass is 16.5. The average Bonchev–Trinajstić information content (AvgIpc) is 2.44. The molecule has 0 aliphatic heterocycles. The topological polar surface area (TPSA) is 93.4 Å². The fraction of sp³-hybridized carbons (Fsp3) is 0.467. The molecule has 2 amide bonds. The number of hydrogen-bond donors (Lipinski definition) is 3. The fourth-order valence-electron chi connectivity index (χ4n) is 1.62. The fourth-order valence-corrected chi connectivity index (χ4v) is 1.62. The highest BCUT2D eigenvalue weighted by molar-refractivity contribution is 5.97. The lowest BCUT2D eigenvalue weighted by molar-refractivity contribution is -0.120. The van der Waals surface area contributed by atoms with Gasteiger partial charge in [-0.2, -0.15) is 0 Å². The van der Waals surface area contributed by atoms with Gasteiger partial charge in [0.15, 0.2) is 0 Å². The first kappa shape index (κ1) is 16.8. The van der Waals surface area contributed by atoms with Crippen molar-refractivity contribution in [3.8, 4) is 5.75 Å². The van der Waals surface area contributed by atoms with Crippen LogP contribution in [-0.2, 0) is 4.79 Å². The van der Waals surface area contributed by atoms with Gasteiger partial charge in [-0.25, -0.2) is 0 Å². The van der Waals surface area contributed by atoms with Gasteiger partial charge < -0.3 is 21.1 Å². The first-order chi connectivity index (χ1) is 9.93. The Morgan fingerprint density at radius 3 is 2.57 bits per heavy atom. The summed E-state index contributed by atoms with van der Waals surface area (Å²) in [6.07, 6.45) is 0. The molecule has 0 atom stereocenters. The van der Waals surface area contributed by atoms with Crippen LogP contribution in [-0.4, -0.2) is 31.5 Å². The Morgan fingerprint density at radius 1 is 1.29 bits per heavy atom. The number of benzene rings is 1. The van der Waals surface area contributed by atoms with Crippen LogP contribution in [0, 0.1) is 5.92 Å². The normalized spacial score (nSPS) is 10.3. The van der Waals surface area contributed by atoms with Gasteiger partial charge in [0.05, 0.1) is 18.8 Å². The van der Waals surface area contributed by atoms with Crippen molar-refractivity contribution >= 4 is 17.5 Å². The number of carbonyl (C=O) groups is 2. The lowest BCUT2D eigenvalue weighted by Gasteiger charge is -2.10. The molecule has 0 aliphatic carbocycles. The van der Waals surface area contributed by atoms with E-state index in [0.29, 0.717) is 36.1 Å². The Morgan fingerprint density at radius 2 is 2.00 bits per heavy atom. The number of ether oxygens (including phenoxy) is 1. The van der Waals surface area contributed by atoms with Gasteiger partial charge in [0.25, 0.3) is 5.91 Å². The van der Waals surface area contributed by atoms with Crippen LogP contribution in [0.2, 0.25) is 0 Å². The predicted molar refractivity (Wildman–Crippen MR) is 82.2 cm³/mol. The van der Waals surface area contributed by atoms with Gasteiger partial charge in [-0.15, -0.1) is 0 Å². The monoisotopic (exact) mass is 293 g/mol. The molecule has 4 N–H and O–H groups in total. The van der Waals surface area contributed by atoms with Crippen molar-refractivity contribution < 1.29 is 14.3 Å². The second-order valence-corrected chi connectivity index (χ2v) is 5.07. The molecule has 6 heteroatoms. The highest BCUT2D eigenvalue weighted by Gasteiger charge is 2.10. The van der Waals surface area contributed by atoms with Gasteiger partial charge in [0.1, 0.15) is 5.75 Å². The zero-order chi connectivity index (χ0) is 15.8. The van der Waals surface area contributed by atoms with Gasteiger partial charge in [-0.1, -0.05) is 13.8 Å². The van der Waals surface area contributed by atoms with Gasteiger partial charge >= 0.3 is 0 Å². The molecule has 0 aliphatic rings. The third-order valence-corrected chi connectivity index (χ3v) is 2.69. The molecule has 1 aromatic rings. The van der Waals surface area contributed by atoms with E-state index >= 15 is 0 Å². The van der Waals surface area contributed by atoms with Gasteiger partial charge in [-0.3, -0.25) is 9.59 Å². The van der Waals surface area contributed by atoms with E-state index in [1.165, 1.54) is 6.07 Å². The molecule has 0 saturated heterocycles. The largest absolute Gasteiger partial charge is 0.492 e. The molecule has 21 heavy (non-hydrogen) atoms. The summed E-state index contributed by atoms with van der Waals surface area (Å²) < 4.78 is 5.30. The van der Waals surface area contributed by atoms with Crippen LogP contribution in [0.3, 0.4) is 0 Å². The number of anilines is 1. The molecule has 0 aromatic heterocycles. The molecule has 116 valence electrons. The zero-order valence-corrected chi connectivity index (χ0v) is 12.7. The summed E-state index contributed by atoms with van der Waals surface area (Å²) >= 11 is 0. The van der Waals surface area contributed by atoms with E-state index in [-0.39, 0.29) is 18.4 Å². The lowest BCUT2D eigenvalue weighted by atomic mass is 10.1. The van der Waals surface area contributed by atoms with Crippen LogP contribution in [0.4, 0.5) is 5.69 Å². The number of nitrogens with one attached hydrogen (secondary N) is 2.